The van der Waals surface area contributed by atoms with Crippen molar-refractivity contribution in [3.63, 3.8) is 0 Å². The van der Waals surface area contributed by atoms with Gasteiger partial charge in [-0.1, -0.05) is 23.2 Å². The maximum Gasteiger partial charge on any atom is 0.358 e. The van der Waals surface area contributed by atoms with Crippen molar-refractivity contribution in [3.8, 4) is 0 Å². The highest BCUT2D eigenvalue weighted by atomic mass is 35.5. The fourth-order valence-electron chi connectivity index (χ4n) is 2.02. The number of fused-ring (bicyclic) bond motifs is 1. The lowest BCUT2D eigenvalue weighted by Crippen LogP contribution is -2.31. The van der Waals surface area contributed by atoms with Gasteiger partial charge in [0.15, 0.2) is 17.6 Å². The number of benzene rings is 1. The zero-order chi connectivity index (χ0) is 15.7. The first kappa shape index (κ1) is 14.8. The largest absolute Gasteiger partial charge is 0.447 e. The van der Waals surface area contributed by atoms with Crippen LogP contribution in [0.2, 0.25) is 5.02 Å². The molecule has 1 heterocycles. The summed E-state index contributed by atoms with van der Waals surface area (Å²) in [5.74, 6) is -1.00. The van der Waals surface area contributed by atoms with Crippen LogP contribution in [-0.4, -0.2) is 23.6 Å². The molecule has 0 bridgehead atoms. The molecule has 0 saturated carbocycles. The molecule has 0 spiro atoms. The van der Waals surface area contributed by atoms with Gasteiger partial charge >= 0.3 is 5.97 Å². The number of hydrogen-bond donors (Lipinski definition) is 0. The second kappa shape index (κ2) is 5.91. The normalized spacial score (nSPS) is 21.8. The van der Waals surface area contributed by atoms with E-state index < -0.39 is 12.1 Å². The lowest BCUT2D eigenvalue weighted by Gasteiger charge is -2.22. The first-order valence-electron chi connectivity index (χ1n) is 6.39. The number of carbonyl (C=O) groups is 2. The zero-order valence-electron chi connectivity index (χ0n) is 11.1. The molecule has 1 aromatic rings. The third-order valence-corrected chi connectivity index (χ3v) is 3.58. The lowest BCUT2D eigenvalue weighted by atomic mass is 10.1. The van der Waals surface area contributed by atoms with Gasteiger partial charge < -0.3 is 4.74 Å². The van der Waals surface area contributed by atoms with E-state index in [1.165, 1.54) is 0 Å². The second-order valence-electron chi connectivity index (χ2n) is 4.65. The van der Waals surface area contributed by atoms with Gasteiger partial charge in [-0.2, -0.15) is 0 Å². The molecule has 4 nitrogen and oxygen atoms in total. The number of nitrogens with zero attached hydrogens (tertiary/aromatic N) is 1. The number of allylic oxidation sites excluding steroid dienone is 3. The van der Waals surface area contributed by atoms with Crippen molar-refractivity contribution in [2.45, 2.75) is 6.10 Å². The molecule has 22 heavy (non-hydrogen) atoms. The van der Waals surface area contributed by atoms with Crippen molar-refractivity contribution in [3.05, 3.63) is 69.9 Å². The summed E-state index contributed by atoms with van der Waals surface area (Å²) >= 11 is 11.7. The van der Waals surface area contributed by atoms with Gasteiger partial charge in [0.25, 0.3) is 0 Å². The minimum Gasteiger partial charge on any atom is -0.447 e. The highest BCUT2D eigenvalue weighted by molar-refractivity contribution is 6.34. The summed E-state index contributed by atoms with van der Waals surface area (Å²) in [6.07, 6.45) is 5.45. The molecule has 1 atom stereocenters. The van der Waals surface area contributed by atoms with Crippen LogP contribution in [0.3, 0.4) is 0 Å². The third-order valence-electron chi connectivity index (χ3n) is 3.10. The predicted molar refractivity (Wildman–Crippen MR) is 84.3 cm³/mol. The van der Waals surface area contributed by atoms with Crippen molar-refractivity contribution in [1.82, 2.24) is 0 Å². The molecule has 1 aliphatic carbocycles. The van der Waals surface area contributed by atoms with E-state index in [1.807, 2.05) is 0 Å². The fraction of sp³-hybridized carbons (Fsp3) is 0.0625. The first-order chi connectivity index (χ1) is 10.5. The topological polar surface area (TPSA) is 55.7 Å². The number of aliphatic imine (C=N–C) groups is 1. The molecule has 0 fully saturated rings. The van der Waals surface area contributed by atoms with E-state index >= 15 is 0 Å². The van der Waals surface area contributed by atoms with Gasteiger partial charge in [-0.05, 0) is 42.5 Å². The van der Waals surface area contributed by atoms with E-state index in [0.717, 1.165) is 6.08 Å². The standard InChI is InChI=1S/C16H9Cl2NO3/c17-10-3-1-9(2-4-10)14(20)8-13-16(21)22-15-6-5-11(18)7-12(15)19-13/h1-8,15H/b13-8+. The van der Waals surface area contributed by atoms with Crippen molar-refractivity contribution in [1.29, 1.82) is 0 Å². The minimum absolute atomic E-state index is 0.0535. The van der Waals surface area contributed by atoms with Crippen LogP contribution >= 0.6 is 23.2 Å². The molecule has 1 aliphatic heterocycles. The van der Waals surface area contributed by atoms with Crippen molar-refractivity contribution < 1.29 is 14.3 Å². The van der Waals surface area contributed by atoms with E-state index in [0.29, 0.717) is 21.3 Å². The van der Waals surface area contributed by atoms with Gasteiger partial charge in [0, 0.05) is 21.7 Å². The molecule has 1 aromatic carbocycles. The molecular weight excluding hydrogens is 325 g/mol. The Bertz CT molecular complexity index is 773. The third kappa shape index (κ3) is 3.03. The molecule has 0 amide bonds. The van der Waals surface area contributed by atoms with E-state index in [1.54, 1.807) is 42.5 Å². The molecule has 0 saturated heterocycles. The van der Waals surface area contributed by atoms with Gasteiger partial charge in [0.2, 0.25) is 0 Å². The lowest BCUT2D eigenvalue weighted by molar-refractivity contribution is -0.140. The maximum absolute atomic E-state index is 12.1. The van der Waals surface area contributed by atoms with Crippen LogP contribution in [0, 0.1) is 0 Å². The fourth-order valence-corrected chi connectivity index (χ4v) is 2.33. The minimum atomic E-state index is -0.646. The van der Waals surface area contributed by atoms with Crippen LogP contribution in [0.4, 0.5) is 0 Å². The maximum atomic E-state index is 12.1. The average Bonchev–Trinajstić information content (AvgIpc) is 2.49. The number of rotatable bonds is 2. The highest BCUT2D eigenvalue weighted by Crippen LogP contribution is 2.22. The van der Waals surface area contributed by atoms with Gasteiger partial charge in [-0.25, -0.2) is 9.79 Å². The summed E-state index contributed by atoms with van der Waals surface area (Å²) in [6.45, 7) is 0. The summed E-state index contributed by atoms with van der Waals surface area (Å²) in [7, 11) is 0. The van der Waals surface area contributed by atoms with Crippen LogP contribution in [0.15, 0.2) is 64.3 Å². The number of ketones is 1. The van der Waals surface area contributed by atoms with Gasteiger partial charge in [0.05, 0.1) is 5.71 Å². The van der Waals surface area contributed by atoms with Crippen molar-refractivity contribution in [2.75, 3.05) is 0 Å². The summed E-state index contributed by atoms with van der Waals surface area (Å²) < 4.78 is 5.21. The van der Waals surface area contributed by atoms with E-state index in [2.05, 4.69) is 4.99 Å². The molecule has 110 valence electrons. The van der Waals surface area contributed by atoms with E-state index in [4.69, 9.17) is 27.9 Å². The summed E-state index contributed by atoms with van der Waals surface area (Å²) in [5, 5.41) is 1.01. The monoisotopic (exact) mass is 333 g/mol. The van der Waals surface area contributed by atoms with Crippen molar-refractivity contribution >= 4 is 40.7 Å². The number of halogens is 2. The zero-order valence-corrected chi connectivity index (χ0v) is 12.6. The van der Waals surface area contributed by atoms with Gasteiger partial charge in [-0.3, -0.25) is 4.79 Å². The first-order valence-corrected chi connectivity index (χ1v) is 7.15. The summed E-state index contributed by atoms with van der Waals surface area (Å²) in [5.41, 5.74) is 0.841. The molecule has 2 aliphatic rings. The molecule has 1 unspecified atom stereocenters. The number of carbonyl (C=O) groups excluding carboxylic acids is 2. The molecule has 6 heteroatoms. The second-order valence-corrected chi connectivity index (χ2v) is 5.52. The van der Waals surface area contributed by atoms with Gasteiger partial charge in [0.1, 0.15) is 0 Å². The Morgan fingerprint density at radius 1 is 1.23 bits per heavy atom. The molecule has 0 aromatic heterocycles. The Balaban J connectivity index is 1.92. The Labute approximate surface area is 136 Å². The predicted octanol–water partition coefficient (Wildman–Crippen LogP) is 3.47. The Morgan fingerprint density at radius 3 is 2.68 bits per heavy atom. The number of esters is 1. The van der Waals surface area contributed by atoms with Crippen LogP contribution in [0.25, 0.3) is 0 Å². The molecule has 0 radical (unpaired) electrons. The smallest absolute Gasteiger partial charge is 0.358 e. The van der Waals surface area contributed by atoms with Crippen LogP contribution in [0.1, 0.15) is 10.4 Å². The SMILES string of the molecule is O=C1OC2C=CC(Cl)=CC2=N/C1=C/C(=O)c1ccc(Cl)cc1. The summed E-state index contributed by atoms with van der Waals surface area (Å²) in [6, 6.07) is 6.35. The van der Waals surface area contributed by atoms with Crippen molar-refractivity contribution in [2.24, 2.45) is 4.99 Å². The van der Waals surface area contributed by atoms with E-state index in [-0.39, 0.29) is 11.5 Å². The Kier molecular flexibility index (Phi) is 3.96. The van der Waals surface area contributed by atoms with Crippen LogP contribution in [-0.2, 0) is 9.53 Å². The quantitative estimate of drug-likeness (QED) is 0.473. The number of ether oxygens (including phenoxy) is 1. The number of hydrogen-bond acceptors (Lipinski definition) is 4. The Hall–Kier alpha value is -2.17. The van der Waals surface area contributed by atoms with Crippen LogP contribution < -0.4 is 0 Å². The Morgan fingerprint density at radius 2 is 1.95 bits per heavy atom. The molecule has 0 N–H and O–H groups in total. The van der Waals surface area contributed by atoms with Crippen LogP contribution in [0.5, 0.6) is 0 Å². The molecular formula is C16H9Cl2NO3. The highest BCUT2D eigenvalue weighted by Gasteiger charge is 2.28. The molecule has 3 rings (SSSR count). The summed E-state index contributed by atoms with van der Waals surface area (Å²) in [4.78, 5) is 28.2. The average molecular weight is 334 g/mol. The van der Waals surface area contributed by atoms with E-state index in [9.17, 15) is 9.59 Å². The van der Waals surface area contributed by atoms with Gasteiger partial charge in [-0.15, -0.1) is 0 Å².